The molecule has 0 aliphatic rings. The fourth-order valence-electron chi connectivity index (χ4n) is 0.657. The van der Waals surface area contributed by atoms with Crippen molar-refractivity contribution in [1.82, 2.24) is 0 Å². The van der Waals surface area contributed by atoms with Gasteiger partial charge in [-0.25, -0.2) is 4.79 Å². The summed E-state index contributed by atoms with van der Waals surface area (Å²) in [5.74, 6) is -1.01. The molecule has 6 heteroatoms. The Morgan fingerprint density at radius 2 is 2.08 bits per heavy atom. The van der Waals surface area contributed by atoms with Gasteiger partial charge in [0.25, 0.3) is 0 Å². The van der Waals surface area contributed by atoms with Crippen LogP contribution >= 0.6 is 0 Å². The maximum Gasteiger partial charge on any atom is 0.389 e. The maximum absolute atomic E-state index is 11.6. The Balaban J connectivity index is 3.74. The monoisotopic (exact) mass is 200 g/mol. The molecular weight excluding hydrogens is 189 g/mol. The number of ether oxygens (including phenoxy) is 1. The molecule has 0 bridgehead atoms. The molecule has 0 aromatic carbocycles. The van der Waals surface area contributed by atoms with Gasteiger partial charge in [-0.1, -0.05) is 0 Å². The van der Waals surface area contributed by atoms with E-state index in [4.69, 9.17) is 5.11 Å². The molecular formula is C7H11F3O3. The third-order valence-electron chi connectivity index (χ3n) is 1.26. The molecule has 13 heavy (non-hydrogen) atoms. The standard InChI is InChI=1S/C7H11F3O3/c1-2-13-6(12)5(11)3-4-7(8,9)10/h5,11H,2-4H2,1H3. The number of aliphatic hydroxyl groups is 1. The van der Waals surface area contributed by atoms with E-state index in [0.29, 0.717) is 0 Å². The second kappa shape index (κ2) is 5.06. The van der Waals surface area contributed by atoms with E-state index < -0.39 is 31.1 Å². The number of carbonyl (C=O) groups is 1. The fraction of sp³-hybridized carbons (Fsp3) is 0.857. The van der Waals surface area contributed by atoms with Crippen LogP contribution in [0.5, 0.6) is 0 Å². The average Bonchev–Trinajstić information content (AvgIpc) is 1.99. The largest absolute Gasteiger partial charge is 0.464 e. The van der Waals surface area contributed by atoms with Crippen LogP contribution < -0.4 is 0 Å². The molecule has 0 aromatic heterocycles. The lowest BCUT2D eigenvalue weighted by molar-refractivity contribution is -0.159. The van der Waals surface area contributed by atoms with Crippen molar-refractivity contribution in [3.63, 3.8) is 0 Å². The summed E-state index contributed by atoms with van der Waals surface area (Å²) >= 11 is 0. The minimum Gasteiger partial charge on any atom is -0.464 e. The zero-order valence-electron chi connectivity index (χ0n) is 7.10. The van der Waals surface area contributed by atoms with Crippen molar-refractivity contribution in [2.75, 3.05) is 6.61 Å². The Bertz CT molecular complexity index is 167. The average molecular weight is 200 g/mol. The number of hydrogen-bond donors (Lipinski definition) is 1. The van der Waals surface area contributed by atoms with Gasteiger partial charge in [-0.15, -0.1) is 0 Å². The van der Waals surface area contributed by atoms with E-state index in [2.05, 4.69) is 4.74 Å². The van der Waals surface area contributed by atoms with Crippen molar-refractivity contribution in [1.29, 1.82) is 0 Å². The molecule has 0 radical (unpaired) electrons. The number of alkyl halides is 3. The minimum atomic E-state index is -4.35. The Hall–Kier alpha value is -0.780. The van der Waals surface area contributed by atoms with Gasteiger partial charge in [0.1, 0.15) is 0 Å². The predicted octanol–water partition coefficient (Wildman–Crippen LogP) is 1.25. The topological polar surface area (TPSA) is 46.5 Å². The van der Waals surface area contributed by atoms with Crippen LogP contribution in [0.2, 0.25) is 0 Å². The Morgan fingerprint density at radius 1 is 1.54 bits per heavy atom. The molecule has 78 valence electrons. The zero-order chi connectivity index (χ0) is 10.5. The molecule has 3 nitrogen and oxygen atoms in total. The van der Waals surface area contributed by atoms with Crippen molar-refractivity contribution in [2.24, 2.45) is 0 Å². The summed E-state index contributed by atoms with van der Waals surface area (Å²) in [5, 5.41) is 8.84. The van der Waals surface area contributed by atoms with Crippen LogP contribution in [-0.2, 0) is 9.53 Å². The fourth-order valence-corrected chi connectivity index (χ4v) is 0.657. The van der Waals surface area contributed by atoms with Crippen molar-refractivity contribution in [3.05, 3.63) is 0 Å². The summed E-state index contributed by atoms with van der Waals surface area (Å²) in [5.41, 5.74) is 0. The first-order valence-electron chi connectivity index (χ1n) is 3.78. The summed E-state index contributed by atoms with van der Waals surface area (Å²) in [6.07, 6.45) is -7.87. The second-order valence-electron chi connectivity index (χ2n) is 2.42. The van der Waals surface area contributed by atoms with E-state index in [1.165, 1.54) is 6.92 Å². The van der Waals surface area contributed by atoms with Gasteiger partial charge in [-0.2, -0.15) is 13.2 Å². The third-order valence-corrected chi connectivity index (χ3v) is 1.26. The van der Waals surface area contributed by atoms with Gasteiger partial charge in [-0.05, 0) is 13.3 Å². The quantitative estimate of drug-likeness (QED) is 0.695. The van der Waals surface area contributed by atoms with Crippen molar-refractivity contribution in [2.45, 2.75) is 32.0 Å². The molecule has 1 unspecified atom stereocenters. The number of carbonyl (C=O) groups excluding carboxylic acids is 1. The van der Waals surface area contributed by atoms with Gasteiger partial charge in [0.15, 0.2) is 6.10 Å². The second-order valence-corrected chi connectivity index (χ2v) is 2.42. The molecule has 0 amide bonds. The molecule has 1 atom stereocenters. The van der Waals surface area contributed by atoms with Crippen LogP contribution in [0.4, 0.5) is 13.2 Å². The first kappa shape index (κ1) is 12.2. The first-order valence-corrected chi connectivity index (χ1v) is 3.78. The Kier molecular flexibility index (Phi) is 4.76. The summed E-state index contributed by atoms with van der Waals surface area (Å²) in [6, 6.07) is 0. The molecule has 0 aliphatic heterocycles. The van der Waals surface area contributed by atoms with E-state index in [1.54, 1.807) is 0 Å². The number of hydrogen-bond acceptors (Lipinski definition) is 3. The van der Waals surface area contributed by atoms with Crippen molar-refractivity contribution >= 4 is 5.97 Å². The Labute approximate surface area is 73.5 Å². The highest BCUT2D eigenvalue weighted by molar-refractivity contribution is 5.74. The molecule has 0 heterocycles. The Morgan fingerprint density at radius 3 is 2.46 bits per heavy atom. The minimum absolute atomic E-state index is 0.0436. The van der Waals surface area contributed by atoms with Crippen LogP contribution in [0, 0.1) is 0 Å². The molecule has 1 N–H and O–H groups in total. The van der Waals surface area contributed by atoms with E-state index >= 15 is 0 Å². The number of esters is 1. The summed E-state index contributed by atoms with van der Waals surface area (Å²) in [4.78, 5) is 10.6. The highest BCUT2D eigenvalue weighted by Gasteiger charge is 2.30. The van der Waals surface area contributed by atoms with E-state index in [9.17, 15) is 18.0 Å². The lowest BCUT2D eigenvalue weighted by Gasteiger charge is -2.10. The van der Waals surface area contributed by atoms with Gasteiger partial charge in [0.05, 0.1) is 6.61 Å². The van der Waals surface area contributed by atoms with Crippen LogP contribution in [0.25, 0.3) is 0 Å². The van der Waals surface area contributed by atoms with E-state index in [-0.39, 0.29) is 6.61 Å². The highest BCUT2D eigenvalue weighted by atomic mass is 19.4. The zero-order valence-corrected chi connectivity index (χ0v) is 7.10. The maximum atomic E-state index is 11.6. The molecule has 0 fully saturated rings. The smallest absolute Gasteiger partial charge is 0.389 e. The van der Waals surface area contributed by atoms with E-state index in [1.807, 2.05) is 0 Å². The van der Waals surface area contributed by atoms with Crippen LogP contribution in [0.1, 0.15) is 19.8 Å². The van der Waals surface area contributed by atoms with Crippen LogP contribution in [-0.4, -0.2) is 30.0 Å². The van der Waals surface area contributed by atoms with Gasteiger partial charge < -0.3 is 9.84 Å². The SMILES string of the molecule is CCOC(=O)C(O)CCC(F)(F)F. The van der Waals surface area contributed by atoms with Gasteiger partial charge in [0.2, 0.25) is 0 Å². The lowest BCUT2D eigenvalue weighted by Crippen LogP contribution is -2.25. The van der Waals surface area contributed by atoms with E-state index in [0.717, 1.165) is 0 Å². The molecule has 0 aromatic rings. The lowest BCUT2D eigenvalue weighted by atomic mass is 10.2. The molecule has 0 saturated heterocycles. The number of aliphatic hydroxyl groups excluding tert-OH is 1. The number of halogens is 3. The predicted molar refractivity (Wildman–Crippen MR) is 37.9 cm³/mol. The molecule has 0 rings (SSSR count). The molecule has 0 aliphatic carbocycles. The molecule has 0 spiro atoms. The van der Waals surface area contributed by atoms with Gasteiger partial charge in [0, 0.05) is 6.42 Å². The van der Waals surface area contributed by atoms with Crippen molar-refractivity contribution in [3.8, 4) is 0 Å². The van der Waals surface area contributed by atoms with Crippen LogP contribution in [0.3, 0.4) is 0 Å². The summed E-state index contributed by atoms with van der Waals surface area (Å²) in [6.45, 7) is 1.55. The van der Waals surface area contributed by atoms with Crippen molar-refractivity contribution < 1.29 is 27.8 Å². The third kappa shape index (κ3) is 6.39. The normalized spacial score (nSPS) is 13.9. The summed E-state index contributed by atoms with van der Waals surface area (Å²) < 4.78 is 39.1. The molecule has 0 saturated carbocycles. The summed E-state index contributed by atoms with van der Waals surface area (Å²) in [7, 11) is 0. The van der Waals surface area contributed by atoms with Gasteiger partial charge >= 0.3 is 12.1 Å². The first-order chi connectivity index (χ1) is 5.87. The highest BCUT2D eigenvalue weighted by Crippen LogP contribution is 2.22. The van der Waals surface area contributed by atoms with Crippen LogP contribution in [0.15, 0.2) is 0 Å². The van der Waals surface area contributed by atoms with Gasteiger partial charge in [-0.3, -0.25) is 0 Å². The number of rotatable bonds is 4.